The fourth-order valence-electron chi connectivity index (χ4n) is 9.95. The zero-order valence-corrected chi connectivity index (χ0v) is 31.2. The first-order valence-electron chi connectivity index (χ1n) is 19.6. The molecule has 1 saturated carbocycles. The minimum Gasteiger partial charge on any atom is -0.453 e. The van der Waals surface area contributed by atoms with E-state index in [1.54, 1.807) is 23.0 Å². The number of amides is 2. The second-order valence-corrected chi connectivity index (χ2v) is 16.2. The molecule has 3 aromatic carbocycles. The standard InChI is InChI=1S/C42H43F2N7O6/c43-32-4-5-34(46)31(18-45)39(32)57-28-2-6-35-30(16-28)41(54)51(22-47-35)27-17-42(56-21-27)9-11-50(12-10-42)38-24-13-23(14-25(38)20-55-19-24)29-3-1-26(15-33(29)44)48-36-7-8-37(52)49-40(36)53/h1-6,15-16,22-25,27,36,38,48H,7-14,17,19-21,46H2,(H,49,52,53). The van der Waals surface area contributed by atoms with E-state index in [9.17, 15) is 24.0 Å². The summed E-state index contributed by atoms with van der Waals surface area (Å²) in [5, 5.41) is 15.2. The number of nitrogens with one attached hydrogen (secondary N) is 2. The van der Waals surface area contributed by atoms with Gasteiger partial charge in [-0.15, -0.1) is 0 Å². The second-order valence-electron chi connectivity index (χ2n) is 16.2. The van der Waals surface area contributed by atoms with Crippen molar-refractivity contribution < 1.29 is 32.6 Å². The van der Waals surface area contributed by atoms with E-state index in [1.807, 2.05) is 18.2 Å². The molecule has 296 valence electrons. The van der Waals surface area contributed by atoms with Gasteiger partial charge < -0.3 is 25.3 Å². The number of benzene rings is 3. The van der Waals surface area contributed by atoms with Gasteiger partial charge in [-0.25, -0.2) is 13.8 Å². The number of nitrogens with two attached hydrogens (primary N) is 1. The van der Waals surface area contributed by atoms with Crippen LogP contribution < -0.4 is 26.7 Å². The van der Waals surface area contributed by atoms with Crippen LogP contribution in [0.5, 0.6) is 11.5 Å². The molecule has 2 bridgehead atoms. The van der Waals surface area contributed by atoms with Gasteiger partial charge in [-0.05, 0) is 104 Å². The van der Waals surface area contributed by atoms with E-state index in [-0.39, 0.29) is 75.9 Å². The number of halogens is 2. The van der Waals surface area contributed by atoms with Crippen molar-refractivity contribution >= 4 is 34.1 Å². The first-order chi connectivity index (χ1) is 27.6. The van der Waals surface area contributed by atoms with Crippen molar-refractivity contribution in [2.75, 3.05) is 44.0 Å². The number of likely N-dealkylation sites (tertiary alicyclic amines) is 1. The highest BCUT2D eigenvalue weighted by molar-refractivity contribution is 6.01. The normalized spacial score (nSPS) is 27.2. The molecule has 1 aliphatic carbocycles. The lowest BCUT2D eigenvalue weighted by Gasteiger charge is -2.52. The molecule has 4 aromatic rings. The molecule has 4 N–H and O–H groups in total. The predicted octanol–water partition coefficient (Wildman–Crippen LogP) is 5.14. The average molecular weight is 780 g/mol. The molecule has 1 aromatic heterocycles. The molecule has 4 saturated heterocycles. The number of piperidine rings is 2. The number of nitrogens with zero attached hydrogens (tertiary/aromatic N) is 4. The minimum atomic E-state index is -0.742. The Morgan fingerprint density at radius 1 is 1.00 bits per heavy atom. The molecule has 9 rings (SSSR count). The van der Waals surface area contributed by atoms with E-state index >= 15 is 4.39 Å². The quantitative estimate of drug-likeness (QED) is 0.167. The van der Waals surface area contributed by atoms with Crippen molar-refractivity contribution in [1.82, 2.24) is 19.8 Å². The number of hydrogen-bond acceptors (Lipinski definition) is 11. The Bertz CT molecular complexity index is 2340. The number of rotatable bonds is 7. The summed E-state index contributed by atoms with van der Waals surface area (Å²) in [5.41, 5.74) is 6.87. The van der Waals surface area contributed by atoms with Crippen molar-refractivity contribution in [2.45, 2.75) is 74.6 Å². The molecule has 4 atom stereocenters. The predicted molar refractivity (Wildman–Crippen MR) is 205 cm³/mol. The smallest absolute Gasteiger partial charge is 0.261 e. The molecule has 0 radical (unpaired) electrons. The number of ether oxygens (including phenoxy) is 3. The zero-order chi connectivity index (χ0) is 39.4. The molecule has 13 nitrogen and oxygen atoms in total. The summed E-state index contributed by atoms with van der Waals surface area (Å²) in [7, 11) is 0. The van der Waals surface area contributed by atoms with Gasteiger partial charge in [-0.2, -0.15) is 5.26 Å². The maximum absolute atomic E-state index is 15.6. The average Bonchev–Trinajstić information content (AvgIpc) is 3.60. The molecule has 5 heterocycles. The highest BCUT2D eigenvalue weighted by atomic mass is 19.1. The molecule has 4 unspecified atom stereocenters. The summed E-state index contributed by atoms with van der Waals surface area (Å²) in [6.07, 6.45) is 6.12. The number of nitriles is 1. The number of imide groups is 1. The summed E-state index contributed by atoms with van der Waals surface area (Å²) in [4.78, 5) is 44.7. The van der Waals surface area contributed by atoms with E-state index in [2.05, 4.69) is 20.5 Å². The molecule has 2 amide bonds. The summed E-state index contributed by atoms with van der Waals surface area (Å²) in [6, 6.07) is 13.7. The van der Waals surface area contributed by atoms with Gasteiger partial charge in [0.25, 0.3) is 5.56 Å². The van der Waals surface area contributed by atoms with Crippen LogP contribution in [0.4, 0.5) is 20.2 Å². The summed E-state index contributed by atoms with van der Waals surface area (Å²) in [6.45, 7) is 3.34. The molecule has 5 aliphatic rings. The maximum atomic E-state index is 15.6. The van der Waals surface area contributed by atoms with Gasteiger partial charge in [0.05, 0.1) is 54.4 Å². The van der Waals surface area contributed by atoms with Gasteiger partial charge >= 0.3 is 0 Å². The molecule has 15 heteroatoms. The first kappa shape index (κ1) is 37.2. The highest BCUT2D eigenvalue weighted by Crippen LogP contribution is 2.48. The minimum absolute atomic E-state index is 0.0599. The fourth-order valence-corrected chi connectivity index (χ4v) is 9.95. The van der Waals surface area contributed by atoms with Crippen molar-refractivity contribution in [3.05, 3.63) is 88.0 Å². The van der Waals surface area contributed by atoms with Crippen LogP contribution in [0.3, 0.4) is 0 Å². The van der Waals surface area contributed by atoms with Gasteiger partial charge in [0.15, 0.2) is 11.6 Å². The number of carbonyl (C=O) groups is 2. The Morgan fingerprint density at radius 3 is 2.53 bits per heavy atom. The lowest BCUT2D eigenvalue weighted by molar-refractivity contribution is -0.133. The number of fused-ring (bicyclic) bond motifs is 3. The van der Waals surface area contributed by atoms with Gasteiger partial charge in [-0.3, -0.25) is 29.2 Å². The van der Waals surface area contributed by atoms with Crippen LogP contribution in [0.2, 0.25) is 0 Å². The van der Waals surface area contributed by atoms with Crippen LogP contribution >= 0.6 is 0 Å². The van der Waals surface area contributed by atoms with Gasteiger partial charge in [0.1, 0.15) is 29.2 Å². The number of hydrogen-bond donors (Lipinski definition) is 3. The third-order valence-corrected chi connectivity index (χ3v) is 12.8. The molecule has 1 spiro atoms. The van der Waals surface area contributed by atoms with E-state index in [0.29, 0.717) is 60.9 Å². The fraction of sp³-hybridized carbons (Fsp3) is 0.452. The van der Waals surface area contributed by atoms with Crippen molar-refractivity contribution in [3.63, 3.8) is 0 Å². The third kappa shape index (κ3) is 7.00. The Morgan fingerprint density at radius 2 is 1.79 bits per heavy atom. The number of aromatic nitrogens is 2. The third-order valence-electron chi connectivity index (χ3n) is 12.8. The topological polar surface area (TPSA) is 174 Å². The summed E-state index contributed by atoms with van der Waals surface area (Å²) >= 11 is 0. The monoisotopic (exact) mass is 779 g/mol. The SMILES string of the molecule is N#Cc1c(N)ccc(F)c1Oc1ccc2ncn(C3COC4(CCN(C5C6COCC5CC(c5ccc(NC7CCC(=O)NC7=O)cc5F)C6)CC4)C3)c(=O)c2c1. The van der Waals surface area contributed by atoms with E-state index in [1.165, 1.54) is 18.2 Å². The molecule has 5 fully saturated rings. The van der Waals surface area contributed by atoms with Crippen LogP contribution in [0.15, 0.2) is 59.7 Å². The van der Waals surface area contributed by atoms with E-state index in [4.69, 9.17) is 19.9 Å². The van der Waals surface area contributed by atoms with Gasteiger partial charge in [0.2, 0.25) is 11.8 Å². The van der Waals surface area contributed by atoms with Gasteiger partial charge in [-0.1, -0.05) is 6.07 Å². The van der Waals surface area contributed by atoms with Crippen LogP contribution in [-0.4, -0.2) is 76.9 Å². The summed E-state index contributed by atoms with van der Waals surface area (Å²) < 4.78 is 50.2. The molecule has 57 heavy (non-hydrogen) atoms. The van der Waals surface area contributed by atoms with Crippen molar-refractivity contribution in [2.24, 2.45) is 11.8 Å². The van der Waals surface area contributed by atoms with Crippen LogP contribution in [0.25, 0.3) is 10.9 Å². The van der Waals surface area contributed by atoms with Crippen LogP contribution in [0, 0.1) is 34.8 Å². The van der Waals surface area contributed by atoms with Crippen LogP contribution in [-0.2, 0) is 19.1 Å². The van der Waals surface area contributed by atoms with Crippen molar-refractivity contribution in [3.8, 4) is 17.6 Å². The molecular weight excluding hydrogens is 737 g/mol. The maximum Gasteiger partial charge on any atom is 0.261 e. The first-order valence-corrected chi connectivity index (χ1v) is 19.6. The summed E-state index contributed by atoms with van der Waals surface area (Å²) in [5.74, 6) is -1.27. The second kappa shape index (κ2) is 14.8. The molecular formula is C42H43F2N7O6. The van der Waals surface area contributed by atoms with Gasteiger partial charge in [0, 0.05) is 31.2 Å². The number of nitrogen functional groups attached to an aromatic ring is 1. The number of carbonyl (C=O) groups excluding carboxylic acids is 2. The highest BCUT2D eigenvalue weighted by Gasteiger charge is 2.49. The van der Waals surface area contributed by atoms with Crippen molar-refractivity contribution in [1.29, 1.82) is 5.26 Å². The van der Waals surface area contributed by atoms with E-state index in [0.717, 1.165) is 44.8 Å². The zero-order valence-electron chi connectivity index (χ0n) is 31.2. The van der Waals surface area contributed by atoms with Crippen LogP contribution in [0.1, 0.15) is 68.0 Å². The lowest BCUT2D eigenvalue weighted by Crippen LogP contribution is -2.58. The van der Waals surface area contributed by atoms with E-state index < -0.39 is 17.8 Å². The Balaban J connectivity index is 0.843. The molecule has 4 aliphatic heterocycles. The number of anilines is 2. The Hall–Kier alpha value is -5.43. The lowest BCUT2D eigenvalue weighted by atomic mass is 9.67. The Labute approximate surface area is 327 Å². The largest absolute Gasteiger partial charge is 0.453 e. The Kier molecular flexibility index (Phi) is 9.66.